The van der Waals surface area contributed by atoms with Crippen LogP contribution in [0.5, 0.6) is 0 Å². The quantitative estimate of drug-likeness (QED) is 0.788. The molecular formula is C23H23ClFN3O3. The number of carbonyl (C=O) groups is 3. The van der Waals surface area contributed by atoms with Gasteiger partial charge in [-0.15, -0.1) is 0 Å². The second-order valence-corrected chi connectivity index (χ2v) is 8.38. The van der Waals surface area contributed by atoms with Crippen LogP contribution in [0.4, 0.5) is 10.1 Å². The average Bonchev–Trinajstić information content (AvgIpc) is 3.16. The van der Waals surface area contributed by atoms with Crippen molar-refractivity contribution < 1.29 is 18.8 Å². The van der Waals surface area contributed by atoms with Crippen molar-refractivity contribution in [3.05, 3.63) is 64.9 Å². The molecule has 2 saturated heterocycles. The molecule has 6 nitrogen and oxygen atoms in total. The Morgan fingerprint density at radius 3 is 2.52 bits per heavy atom. The second kappa shape index (κ2) is 9.06. The van der Waals surface area contributed by atoms with E-state index in [1.807, 2.05) is 0 Å². The Balaban J connectivity index is 1.30. The number of nitrogens with zero attached hydrogens (tertiary/aromatic N) is 2. The van der Waals surface area contributed by atoms with Crippen LogP contribution in [0.1, 0.15) is 29.6 Å². The molecule has 0 saturated carbocycles. The topological polar surface area (TPSA) is 69.7 Å². The number of benzene rings is 2. The van der Waals surface area contributed by atoms with Crippen molar-refractivity contribution in [2.75, 3.05) is 24.5 Å². The molecule has 0 spiro atoms. The third-order valence-electron chi connectivity index (χ3n) is 5.85. The fraction of sp³-hybridized carbons (Fsp3) is 0.348. The van der Waals surface area contributed by atoms with Crippen LogP contribution in [0, 0.1) is 11.7 Å². The zero-order chi connectivity index (χ0) is 22.0. The fourth-order valence-corrected chi connectivity index (χ4v) is 4.31. The summed E-state index contributed by atoms with van der Waals surface area (Å²) in [5.41, 5.74) is 0.753. The normalized spacial score (nSPS) is 19.5. The first-order chi connectivity index (χ1) is 14.9. The van der Waals surface area contributed by atoms with Crippen molar-refractivity contribution in [2.45, 2.75) is 25.3 Å². The molecule has 0 aromatic heterocycles. The number of carbonyl (C=O) groups excluding carboxylic acids is 3. The zero-order valence-corrected chi connectivity index (χ0v) is 17.6. The lowest BCUT2D eigenvalue weighted by molar-refractivity contribution is -0.127. The van der Waals surface area contributed by atoms with Gasteiger partial charge < -0.3 is 15.1 Å². The molecule has 4 rings (SSSR count). The van der Waals surface area contributed by atoms with E-state index >= 15 is 0 Å². The van der Waals surface area contributed by atoms with E-state index in [1.165, 1.54) is 12.1 Å². The van der Waals surface area contributed by atoms with Crippen LogP contribution in [0.15, 0.2) is 48.5 Å². The molecule has 1 atom stereocenters. The number of amides is 3. The largest absolute Gasteiger partial charge is 0.353 e. The Bertz CT molecular complexity index is 1010. The summed E-state index contributed by atoms with van der Waals surface area (Å²) in [6, 6.07) is 12.9. The van der Waals surface area contributed by atoms with E-state index in [2.05, 4.69) is 5.32 Å². The van der Waals surface area contributed by atoms with Crippen LogP contribution >= 0.6 is 11.6 Å². The van der Waals surface area contributed by atoms with Gasteiger partial charge in [-0.1, -0.05) is 29.8 Å². The Hall–Kier alpha value is -2.93. The van der Waals surface area contributed by atoms with Gasteiger partial charge in [-0.05, 0) is 43.2 Å². The zero-order valence-electron chi connectivity index (χ0n) is 16.9. The minimum absolute atomic E-state index is 0.0653. The molecule has 2 heterocycles. The second-order valence-electron chi connectivity index (χ2n) is 7.94. The minimum atomic E-state index is -0.530. The SMILES string of the molecule is O=C(NC1CCN(C(=O)c2ccccc2F)CC1)C1CC(=O)N(c2cccc(Cl)c2)C1. The molecule has 2 fully saturated rings. The van der Waals surface area contributed by atoms with Gasteiger partial charge in [0.25, 0.3) is 5.91 Å². The van der Waals surface area contributed by atoms with Crippen molar-refractivity contribution in [1.82, 2.24) is 10.2 Å². The molecular weight excluding hydrogens is 421 g/mol. The monoisotopic (exact) mass is 443 g/mol. The number of hydrogen-bond acceptors (Lipinski definition) is 3. The summed E-state index contributed by atoms with van der Waals surface area (Å²) in [5, 5.41) is 3.56. The summed E-state index contributed by atoms with van der Waals surface area (Å²) in [6.07, 6.45) is 1.33. The van der Waals surface area contributed by atoms with Gasteiger partial charge in [-0.3, -0.25) is 14.4 Å². The van der Waals surface area contributed by atoms with Gasteiger partial charge in [0, 0.05) is 42.8 Å². The Labute approximate surface area is 185 Å². The van der Waals surface area contributed by atoms with Gasteiger partial charge in [0.05, 0.1) is 11.5 Å². The fourth-order valence-electron chi connectivity index (χ4n) is 4.13. The maximum absolute atomic E-state index is 13.9. The molecule has 2 aliphatic heterocycles. The highest BCUT2D eigenvalue weighted by Crippen LogP contribution is 2.27. The molecule has 162 valence electrons. The van der Waals surface area contributed by atoms with Crippen LogP contribution in [0.25, 0.3) is 0 Å². The van der Waals surface area contributed by atoms with Gasteiger partial charge in [-0.25, -0.2) is 4.39 Å². The van der Waals surface area contributed by atoms with E-state index in [4.69, 9.17) is 11.6 Å². The van der Waals surface area contributed by atoms with Crippen LogP contribution in [-0.4, -0.2) is 48.3 Å². The molecule has 2 aromatic carbocycles. The first kappa shape index (κ1) is 21.3. The van der Waals surface area contributed by atoms with Gasteiger partial charge >= 0.3 is 0 Å². The lowest BCUT2D eigenvalue weighted by Gasteiger charge is -2.33. The van der Waals surface area contributed by atoms with E-state index in [0.29, 0.717) is 43.2 Å². The number of likely N-dealkylation sites (tertiary alicyclic amines) is 1. The summed E-state index contributed by atoms with van der Waals surface area (Å²) in [6.45, 7) is 1.20. The van der Waals surface area contributed by atoms with Crippen LogP contribution in [0.2, 0.25) is 5.02 Å². The summed E-state index contributed by atoms with van der Waals surface area (Å²) in [5.74, 6) is -1.55. The number of anilines is 1. The maximum atomic E-state index is 13.9. The van der Waals surface area contributed by atoms with Crippen LogP contribution in [0.3, 0.4) is 0 Å². The molecule has 2 aromatic rings. The smallest absolute Gasteiger partial charge is 0.256 e. The molecule has 0 aliphatic carbocycles. The Morgan fingerprint density at radius 2 is 1.81 bits per heavy atom. The van der Waals surface area contributed by atoms with Crippen LogP contribution < -0.4 is 10.2 Å². The predicted octanol–water partition coefficient (Wildman–Crippen LogP) is 3.25. The molecule has 8 heteroatoms. The van der Waals surface area contributed by atoms with Gasteiger partial charge in [0.1, 0.15) is 5.82 Å². The molecule has 1 N–H and O–H groups in total. The summed E-state index contributed by atoms with van der Waals surface area (Å²) >= 11 is 6.01. The Kier molecular flexibility index (Phi) is 6.23. The van der Waals surface area contributed by atoms with E-state index < -0.39 is 11.7 Å². The van der Waals surface area contributed by atoms with Gasteiger partial charge in [-0.2, -0.15) is 0 Å². The van der Waals surface area contributed by atoms with Gasteiger partial charge in [0.15, 0.2) is 0 Å². The first-order valence-electron chi connectivity index (χ1n) is 10.3. The molecule has 0 bridgehead atoms. The van der Waals surface area contributed by atoms with Crippen molar-refractivity contribution in [1.29, 1.82) is 0 Å². The number of rotatable bonds is 4. The highest BCUT2D eigenvalue weighted by Gasteiger charge is 2.36. The van der Waals surface area contributed by atoms with Gasteiger partial charge in [0.2, 0.25) is 11.8 Å². The van der Waals surface area contributed by atoms with Crippen molar-refractivity contribution >= 4 is 35.0 Å². The minimum Gasteiger partial charge on any atom is -0.353 e. The van der Waals surface area contributed by atoms with E-state index in [-0.39, 0.29) is 35.7 Å². The maximum Gasteiger partial charge on any atom is 0.256 e. The number of hydrogen-bond donors (Lipinski definition) is 1. The lowest BCUT2D eigenvalue weighted by atomic mass is 10.0. The summed E-state index contributed by atoms with van der Waals surface area (Å²) in [7, 11) is 0. The van der Waals surface area contributed by atoms with E-state index in [1.54, 1.807) is 46.2 Å². The molecule has 0 radical (unpaired) electrons. The summed E-state index contributed by atoms with van der Waals surface area (Å²) < 4.78 is 13.9. The van der Waals surface area contributed by atoms with Crippen molar-refractivity contribution in [3.8, 4) is 0 Å². The van der Waals surface area contributed by atoms with Crippen LogP contribution in [-0.2, 0) is 9.59 Å². The molecule has 3 amide bonds. The first-order valence-corrected chi connectivity index (χ1v) is 10.7. The molecule has 1 unspecified atom stereocenters. The van der Waals surface area contributed by atoms with E-state index in [9.17, 15) is 18.8 Å². The Morgan fingerprint density at radius 1 is 1.06 bits per heavy atom. The highest BCUT2D eigenvalue weighted by molar-refractivity contribution is 6.31. The number of halogens is 2. The number of nitrogens with one attached hydrogen (secondary N) is 1. The third kappa shape index (κ3) is 4.71. The third-order valence-corrected chi connectivity index (χ3v) is 6.08. The molecule has 31 heavy (non-hydrogen) atoms. The summed E-state index contributed by atoms with van der Waals surface area (Å²) in [4.78, 5) is 40.9. The number of piperidine rings is 1. The van der Waals surface area contributed by atoms with Crippen molar-refractivity contribution in [2.24, 2.45) is 5.92 Å². The average molecular weight is 444 g/mol. The van der Waals surface area contributed by atoms with Crippen molar-refractivity contribution in [3.63, 3.8) is 0 Å². The predicted molar refractivity (Wildman–Crippen MR) is 115 cm³/mol. The standard InChI is InChI=1S/C23H23ClFN3O3/c24-16-4-3-5-18(13-16)28-14-15(12-21(28)29)22(30)26-17-8-10-27(11-9-17)23(31)19-6-1-2-7-20(19)25/h1-7,13,15,17H,8-12,14H2,(H,26,30). The molecule has 2 aliphatic rings. The van der Waals surface area contributed by atoms with E-state index in [0.717, 1.165) is 0 Å². The lowest BCUT2D eigenvalue weighted by Crippen LogP contribution is -2.48. The highest BCUT2D eigenvalue weighted by atomic mass is 35.5.